The predicted octanol–water partition coefficient (Wildman–Crippen LogP) is 4.49. The summed E-state index contributed by atoms with van der Waals surface area (Å²) in [7, 11) is 0. The molecule has 0 aliphatic rings. The Morgan fingerprint density at radius 2 is 1.81 bits per heavy atom. The van der Waals surface area contributed by atoms with E-state index < -0.39 is 0 Å². The normalized spacial score (nSPS) is 10.8. The number of anilines is 1. The lowest BCUT2D eigenvalue weighted by atomic mass is 10.2. The summed E-state index contributed by atoms with van der Waals surface area (Å²) < 4.78 is 2.67. The number of nitrogens with one attached hydrogen (secondary N) is 1. The highest BCUT2D eigenvalue weighted by Gasteiger charge is 2.12. The molecule has 0 fully saturated rings. The summed E-state index contributed by atoms with van der Waals surface area (Å²) in [6, 6.07) is 19.4. The van der Waals surface area contributed by atoms with Gasteiger partial charge in [0.15, 0.2) is 5.65 Å². The summed E-state index contributed by atoms with van der Waals surface area (Å²) in [5.74, 6) is -0.206. The van der Waals surface area contributed by atoms with Gasteiger partial charge in [0, 0.05) is 16.1 Å². The molecule has 0 radical (unpaired) electrons. The van der Waals surface area contributed by atoms with Crippen molar-refractivity contribution in [2.45, 2.75) is 6.54 Å². The predicted molar refractivity (Wildman–Crippen MR) is 105 cm³/mol. The van der Waals surface area contributed by atoms with Gasteiger partial charge in [0.1, 0.15) is 0 Å². The first kappa shape index (κ1) is 16.5. The molecule has 0 saturated carbocycles. The number of halogens is 1. The third-order valence-electron chi connectivity index (χ3n) is 4.04. The Morgan fingerprint density at radius 1 is 1.04 bits per heavy atom. The van der Waals surface area contributed by atoms with E-state index in [0.717, 1.165) is 26.8 Å². The largest absolute Gasteiger partial charge is 0.321 e. The number of hydrogen-bond donors (Lipinski definition) is 1. The van der Waals surface area contributed by atoms with Crippen LogP contribution in [0.1, 0.15) is 15.9 Å². The van der Waals surface area contributed by atoms with Gasteiger partial charge >= 0.3 is 0 Å². The van der Waals surface area contributed by atoms with Gasteiger partial charge in [0.2, 0.25) is 0 Å². The maximum atomic E-state index is 12.5. The minimum atomic E-state index is -0.206. The van der Waals surface area contributed by atoms with E-state index in [0.29, 0.717) is 12.1 Å². The summed E-state index contributed by atoms with van der Waals surface area (Å²) in [5, 5.41) is 8.12. The molecule has 0 aliphatic carbocycles. The molecule has 4 rings (SSSR count). The third kappa shape index (κ3) is 3.36. The van der Waals surface area contributed by atoms with Crippen LogP contribution < -0.4 is 5.32 Å². The molecule has 5 nitrogen and oxygen atoms in total. The molecule has 0 unspecified atom stereocenters. The van der Waals surface area contributed by atoms with E-state index in [2.05, 4.69) is 31.3 Å². The van der Waals surface area contributed by atoms with E-state index in [1.807, 2.05) is 65.3 Å². The van der Waals surface area contributed by atoms with Crippen LogP contribution in [0.4, 0.5) is 5.69 Å². The van der Waals surface area contributed by atoms with Crippen molar-refractivity contribution in [2.75, 3.05) is 5.32 Å². The highest BCUT2D eigenvalue weighted by atomic mass is 79.9. The Bertz CT molecular complexity index is 1080. The highest BCUT2D eigenvalue weighted by Crippen LogP contribution is 2.22. The highest BCUT2D eigenvalue weighted by molar-refractivity contribution is 9.10. The number of nitrogens with zero attached hydrogens (tertiary/aromatic N) is 3. The SMILES string of the molecule is O=C(Nc1ccccc1Br)c1cnc2c(cnn2Cc2ccccc2)c1. The molecule has 1 N–H and O–H groups in total. The van der Waals surface area contributed by atoms with Crippen LogP contribution in [0.15, 0.2) is 77.5 Å². The van der Waals surface area contributed by atoms with Gasteiger partial charge in [-0.15, -0.1) is 0 Å². The fourth-order valence-corrected chi connectivity index (χ4v) is 3.11. The summed E-state index contributed by atoms with van der Waals surface area (Å²) in [6.07, 6.45) is 3.32. The molecule has 1 amide bonds. The van der Waals surface area contributed by atoms with E-state index in [4.69, 9.17) is 0 Å². The van der Waals surface area contributed by atoms with E-state index in [9.17, 15) is 4.79 Å². The maximum Gasteiger partial charge on any atom is 0.257 e. The average Bonchev–Trinajstić information content (AvgIpc) is 3.06. The van der Waals surface area contributed by atoms with Crippen LogP contribution in [0.3, 0.4) is 0 Å². The zero-order valence-corrected chi connectivity index (χ0v) is 15.3. The van der Waals surface area contributed by atoms with Crippen LogP contribution in [0, 0.1) is 0 Å². The van der Waals surface area contributed by atoms with Crippen molar-refractivity contribution in [3.8, 4) is 0 Å². The summed E-state index contributed by atoms with van der Waals surface area (Å²) in [5.41, 5.74) is 3.12. The van der Waals surface area contributed by atoms with Crippen molar-refractivity contribution in [3.05, 3.63) is 88.7 Å². The van der Waals surface area contributed by atoms with Gasteiger partial charge in [0.25, 0.3) is 5.91 Å². The molecule has 128 valence electrons. The van der Waals surface area contributed by atoms with Crippen molar-refractivity contribution in [1.29, 1.82) is 0 Å². The Morgan fingerprint density at radius 3 is 2.62 bits per heavy atom. The maximum absolute atomic E-state index is 12.5. The minimum Gasteiger partial charge on any atom is -0.321 e. The molecule has 2 aromatic heterocycles. The Labute approximate surface area is 158 Å². The number of carbonyl (C=O) groups is 1. The summed E-state index contributed by atoms with van der Waals surface area (Å²) >= 11 is 3.43. The van der Waals surface area contributed by atoms with Gasteiger partial charge in [0.05, 0.1) is 24.0 Å². The molecule has 26 heavy (non-hydrogen) atoms. The molecule has 0 saturated heterocycles. The molecule has 2 aromatic carbocycles. The van der Waals surface area contributed by atoms with Gasteiger partial charge in [-0.3, -0.25) is 4.79 Å². The van der Waals surface area contributed by atoms with Crippen molar-refractivity contribution in [3.63, 3.8) is 0 Å². The standard InChI is InChI=1S/C20H15BrN4O/c21-17-8-4-5-9-18(17)24-20(26)16-10-15-12-23-25(19(15)22-11-16)13-14-6-2-1-3-7-14/h1-12H,13H2,(H,24,26). The molecule has 2 heterocycles. The van der Waals surface area contributed by atoms with Gasteiger partial charge in [-0.25, -0.2) is 9.67 Å². The molecule has 4 aromatic rings. The summed E-state index contributed by atoms with van der Waals surface area (Å²) in [4.78, 5) is 17.0. The molecule has 0 aliphatic heterocycles. The van der Waals surface area contributed by atoms with E-state index >= 15 is 0 Å². The van der Waals surface area contributed by atoms with Crippen LogP contribution in [0.25, 0.3) is 11.0 Å². The second-order valence-electron chi connectivity index (χ2n) is 5.86. The molecule has 0 atom stereocenters. The number of benzene rings is 2. The smallest absolute Gasteiger partial charge is 0.257 e. The van der Waals surface area contributed by atoms with Crippen LogP contribution in [0.2, 0.25) is 0 Å². The lowest BCUT2D eigenvalue weighted by Gasteiger charge is -2.07. The number of fused-ring (bicyclic) bond motifs is 1. The Kier molecular flexibility index (Phi) is 4.50. The lowest BCUT2D eigenvalue weighted by molar-refractivity contribution is 0.102. The first-order valence-corrected chi connectivity index (χ1v) is 8.91. The van der Waals surface area contributed by atoms with E-state index in [1.54, 1.807) is 12.4 Å². The second-order valence-corrected chi connectivity index (χ2v) is 6.71. The fourth-order valence-electron chi connectivity index (χ4n) is 2.73. The minimum absolute atomic E-state index is 0.206. The topological polar surface area (TPSA) is 59.8 Å². The number of carbonyl (C=O) groups excluding carboxylic acids is 1. The van der Waals surface area contributed by atoms with Crippen LogP contribution in [-0.2, 0) is 6.54 Å². The van der Waals surface area contributed by atoms with Crippen LogP contribution in [-0.4, -0.2) is 20.7 Å². The van der Waals surface area contributed by atoms with Crippen molar-refractivity contribution in [2.24, 2.45) is 0 Å². The second kappa shape index (κ2) is 7.09. The average molecular weight is 407 g/mol. The Hall–Kier alpha value is -2.99. The number of para-hydroxylation sites is 1. The molecule has 0 bridgehead atoms. The van der Waals surface area contributed by atoms with E-state index in [-0.39, 0.29) is 5.91 Å². The van der Waals surface area contributed by atoms with E-state index in [1.165, 1.54) is 0 Å². The van der Waals surface area contributed by atoms with Gasteiger partial charge in [-0.2, -0.15) is 5.10 Å². The summed E-state index contributed by atoms with van der Waals surface area (Å²) in [6.45, 7) is 0.639. The van der Waals surface area contributed by atoms with Gasteiger partial charge in [-0.1, -0.05) is 42.5 Å². The fraction of sp³-hybridized carbons (Fsp3) is 0.0500. The lowest BCUT2D eigenvalue weighted by Crippen LogP contribution is -2.12. The zero-order valence-electron chi connectivity index (χ0n) is 13.8. The number of aromatic nitrogens is 3. The van der Waals surface area contributed by atoms with Gasteiger partial charge in [-0.05, 0) is 39.7 Å². The van der Waals surface area contributed by atoms with Crippen molar-refractivity contribution < 1.29 is 4.79 Å². The Balaban J connectivity index is 1.58. The first-order chi connectivity index (χ1) is 12.7. The van der Waals surface area contributed by atoms with Gasteiger partial charge < -0.3 is 5.32 Å². The number of amides is 1. The number of rotatable bonds is 4. The number of hydrogen-bond acceptors (Lipinski definition) is 3. The quantitative estimate of drug-likeness (QED) is 0.542. The molecular weight excluding hydrogens is 392 g/mol. The monoisotopic (exact) mass is 406 g/mol. The third-order valence-corrected chi connectivity index (χ3v) is 4.73. The van der Waals surface area contributed by atoms with Crippen molar-refractivity contribution in [1.82, 2.24) is 14.8 Å². The van der Waals surface area contributed by atoms with Crippen LogP contribution in [0.5, 0.6) is 0 Å². The van der Waals surface area contributed by atoms with Crippen molar-refractivity contribution >= 4 is 38.6 Å². The molecule has 0 spiro atoms. The molecule has 6 heteroatoms. The van der Waals surface area contributed by atoms with Crippen LogP contribution >= 0.6 is 15.9 Å². The molecular formula is C20H15BrN4O. The first-order valence-electron chi connectivity index (χ1n) is 8.12. The zero-order chi connectivity index (χ0) is 17.9. The number of pyridine rings is 1.